The number of nitrogens with one attached hydrogen (secondary N) is 1. The van der Waals surface area contributed by atoms with Gasteiger partial charge in [-0.15, -0.1) is 0 Å². The maximum atomic E-state index is 12.7. The van der Waals surface area contributed by atoms with E-state index in [1.54, 1.807) is 6.20 Å². The van der Waals surface area contributed by atoms with Gasteiger partial charge in [-0.25, -0.2) is 13.4 Å². The predicted octanol–water partition coefficient (Wildman–Crippen LogP) is 4.24. The lowest BCUT2D eigenvalue weighted by atomic mass is 10.2. The average molecular weight is 428 g/mol. The number of thiazole rings is 1. The first-order chi connectivity index (χ1) is 14.0. The average Bonchev–Trinajstić information content (AvgIpc) is 3.23. The molecule has 0 spiro atoms. The van der Waals surface area contributed by atoms with Crippen LogP contribution in [0.25, 0.3) is 10.4 Å². The van der Waals surface area contributed by atoms with Crippen molar-refractivity contribution in [2.75, 3.05) is 18.4 Å². The van der Waals surface area contributed by atoms with Crippen molar-refractivity contribution in [1.29, 1.82) is 0 Å². The Bertz CT molecular complexity index is 1090. The van der Waals surface area contributed by atoms with E-state index in [0.717, 1.165) is 29.7 Å². The molecule has 1 saturated heterocycles. The molecule has 1 aliphatic rings. The molecule has 150 valence electrons. The molecule has 6 nitrogen and oxygen atoms in total. The van der Waals surface area contributed by atoms with Crippen LogP contribution in [0.4, 0.5) is 5.13 Å². The number of amides is 1. The third kappa shape index (κ3) is 4.39. The van der Waals surface area contributed by atoms with E-state index in [2.05, 4.69) is 10.3 Å². The number of piperidine rings is 1. The summed E-state index contributed by atoms with van der Waals surface area (Å²) in [4.78, 5) is 18.0. The van der Waals surface area contributed by atoms with Crippen LogP contribution in [0.5, 0.6) is 0 Å². The largest absolute Gasteiger partial charge is 0.298 e. The standard InChI is InChI=1S/C21H21N3O3S2/c25-20(23-21-22-15-19(28-21)16-7-3-1-4-8-16)17-9-11-18(12-10-17)29(26,27)24-13-5-2-6-14-24/h1,3-4,7-12,15H,2,5-6,13-14H2,(H,22,23,25). The summed E-state index contributed by atoms with van der Waals surface area (Å²) in [7, 11) is -3.50. The number of carbonyl (C=O) groups excluding carboxylic acids is 1. The van der Waals surface area contributed by atoms with Crippen LogP contribution in [0.3, 0.4) is 0 Å². The summed E-state index contributed by atoms with van der Waals surface area (Å²) >= 11 is 1.39. The lowest BCUT2D eigenvalue weighted by Gasteiger charge is -2.25. The highest BCUT2D eigenvalue weighted by Crippen LogP contribution is 2.29. The SMILES string of the molecule is O=C(Nc1ncc(-c2ccccc2)s1)c1ccc(S(=O)(=O)N2CCCCC2)cc1. The number of rotatable bonds is 5. The van der Waals surface area contributed by atoms with Crippen molar-refractivity contribution in [3.05, 3.63) is 66.4 Å². The molecule has 1 aliphatic heterocycles. The molecule has 2 aromatic carbocycles. The minimum absolute atomic E-state index is 0.219. The molecule has 1 amide bonds. The van der Waals surface area contributed by atoms with Crippen molar-refractivity contribution in [2.45, 2.75) is 24.2 Å². The zero-order chi connectivity index (χ0) is 20.3. The second kappa shape index (κ2) is 8.44. The Labute approximate surface area is 174 Å². The van der Waals surface area contributed by atoms with Crippen LogP contribution in [0.1, 0.15) is 29.6 Å². The molecule has 0 atom stereocenters. The predicted molar refractivity (Wildman–Crippen MR) is 115 cm³/mol. The van der Waals surface area contributed by atoms with Crippen molar-refractivity contribution >= 4 is 32.4 Å². The Morgan fingerprint density at radius 3 is 2.34 bits per heavy atom. The lowest BCUT2D eigenvalue weighted by Crippen LogP contribution is -2.35. The first-order valence-electron chi connectivity index (χ1n) is 9.47. The maximum Gasteiger partial charge on any atom is 0.257 e. The van der Waals surface area contributed by atoms with Gasteiger partial charge < -0.3 is 0 Å². The molecular weight excluding hydrogens is 406 g/mol. The van der Waals surface area contributed by atoms with E-state index in [0.29, 0.717) is 23.8 Å². The van der Waals surface area contributed by atoms with E-state index in [1.165, 1.54) is 39.9 Å². The molecule has 0 bridgehead atoms. The molecule has 1 aromatic heterocycles. The van der Waals surface area contributed by atoms with Gasteiger partial charge in [-0.2, -0.15) is 4.31 Å². The number of anilines is 1. The Kier molecular flexibility index (Phi) is 5.75. The van der Waals surface area contributed by atoms with Crippen molar-refractivity contribution in [2.24, 2.45) is 0 Å². The molecule has 3 aromatic rings. The van der Waals surface area contributed by atoms with Gasteiger partial charge in [0, 0.05) is 24.8 Å². The van der Waals surface area contributed by atoms with E-state index in [-0.39, 0.29) is 10.8 Å². The smallest absolute Gasteiger partial charge is 0.257 e. The minimum atomic E-state index is -3.50. The first-order valence-corrected chi connectivity index (χ1v) is 11.7. The van der Waals surface area contributed by atoms with E-state index in [1.807, 2.05) is 30.3 Å². The van der Waals surface area contributed by atoms with E-state index in [9.17, 15) is 13.2 Å². The summed E-state index contributed by atoms with van der Waals surface area (Å²) in [6, 6.07) is 15.9. The first kappa shape index (κ1) is 19.8. The zero-order valence-electron chi connectivity index (χ0n) is 15.7. The third-order valence-corrected chi connectivity index (χ3v) is 7.73. The molecule has 29 heavy (non-hydrogen) atoms. The van der Waals surface area contributed by atoms with Gasteiger partial charge >= 0.3 is 0 Å². The van der Waals surface area contributed by atoms with Gasteiger partial charge in [0.1, 0.15) is 0 Å². The molecule has 0 radical (unpaired) electrons. The number of carbonyl (C=O) groups is 1. The molecule has 0 unspecified atom stereocenters. The van der Waals surface area contributed by atoms with E-state index in [4.69, 9.17) is 0 Å². The zero-order valence-corrected chi connectivity index (χ0v) is 17.4. The highest BCUT2D eigenvalue weighted by molar-refractivity contribution is 7.89. The Balaban J connectivity index is 1.45. The van der Waals surface area contributed by atoms with Crippen LogP contribution in [0, 0.1) is 0 Å². The van der Waals surface area contributed by atoms with E-state index < -0.39 is 10.0 Å². The fraction of sp³-hybridized carbons (Fsp3) is 0.238. The van der Waals surface area contributed by atoms with Crippen molar-refractivity contribution in [3.63, 3.8) is 0 Å². The van der Waals surface area contributed by atoms with Crippen LogP contribution in [0.15, 0.2) is 65.7 Å². The van der Waals surface area contributed by atoms with Gasteiger partial charge in [0.25, 0.3) is 5.91 Å². The molecule has 0 saturated carbocycles. The minimum Gasteiger partial charge on any atom is -0.298 e. The Morgan fingerprint density at radius 2 is 1.66 bits per heavy atom. The number of aromatic nitrogens is 1. The summed E-state index contributed by atoms with van der Waals surface area (Å²) in [5.41, 5.74) is 1.43. The summed E-state index contributed by atoms with van der Waals surface area (Å²) in [5, 5.41) is 3.28. The van der Waals surface area contributed by atoms with Gasteiger partial charge in [0.2, 0.25) is 10.0 Å². The van der Waals surface area contributed by atoms with Gasteiger partial charge in [-0.05, 0) is 42.7 Å². The van der Waals surface area contributed by atoms with Crippen LogP contribution >= 0.6 is 11.3 Å². The highest BCUT2D eigenvalue weighted by Gasteiger charge is 2.26. The fourth-order valence-electron chi connectivity index (χ4n) is 3.27. The van der Waals surface area contributed by atoms with Gasteiger partial charge in [-0.3, -0.25) is 10.1 Å². The molecule has 1 fully saturated rings. The monoisotopic (exact) mass is 427 g/mol. The molecular formula is C21H21N3O3S2. The summed E-state index contributed by atoms with van der Waals surface area (Å²) in [5.74, 6) is -0.319. The number of benzene rings is 2. The van der Waals surface area contributed by atoms with E-state index >= 15 is 0 Å². The summed E-state index contributed by atoms with van der Waals surface area (Å²) in [6.07, 6.45) is 4.56. The second-order valence-electron chi connectivity index (χ2n) is 6.84. The quantitative estimate of drug-likeness (QED) is 0.661. The van der Waals surface area contributed by atoms with Gasteiger partial charge in [0.05, 0.1) is 9.77 Å². The van der Waals surface area contributed by atoms with Gasteiger partial charge in [-0.1, -0.05) is 48.1 Å². The topological polar surface area (TPSA) is 79.4 Å². The Morgan fingerprint density at radius 1 is 0.966 bits per heavy atom. The summed E-state index contributed by atoms with van der Waals surface area (Å²) < 4.78 is 26.9. The molecule has 0 aliphatic carbocycles. The highest BCUT2D eigenvalue weighted by atomic mass is 32.2. The van der Waals surface area contributed by atoms with Crippen molar-refractivity contribution < 1.29 is 13.2 Å². The van der Waals surface area contributed by atoms with Gasteiger partial charge in [0.15, 0.2) is 5.13 Å². The molecule has 2 heterocycles. The lowest BCUT2D eigenvalue weighted by molar-refractivity contribution is 0.102. The van der Waals surface area contributed by atoms with Crippen LogP contribution in [0.2, 0.25) is 0 Å². The second-order valence-corrected chi connectivity index (χ2v) is 9.81. The molecule has 8 heteroatoms. The number of hydrogen-bond donors (Lipinski definition) is 1. The van der Waals surface area contributed by atoms with Crippen molar-refractivity contribution in [3.8, 4) is 10.4 Å². The normalized spacial score (nSPS) is 15.2. The fourth-order valence-corrected chi connectivity index (χ4v) is 5.60. The molecule has 4 rings (SSSR count). The number of hydrogen-bond acceptors (Lipinski definition) is 5. The number of sulfonamides is 1. The third-order valence-electron chi connectivity index (χ3n) is 4.85. The van der Waals surface area contributed by atoms with Crippen LogP contribution in [-0.4, -0.2) is 36.7 Å². The summed E-state index contributed by atoms with van der Waals surface area (Å²) in [6.45, 7) is 1.11. The Hall–Kier alpha value is -2.55. The molecule has 1 N–H and O–H groups in total. The maximum absolute atomic E-state index is 12.7. The van der Waals surface area contributed by atoms with Crippen molar-refractivity contribution in [1.82, 2.24) is 9.29 Å². The van der Waals surface area contributed by atoms with Crippen LogP contribution in [-0.2, 0) is 10.0 Å². The van der Waals surface area contributed by atoms with Crippen LogP contribution < -0.4 is 5.32 Å². The number of nitrogens with zero attached hydrogens (tertiary/aromatic N) is 2.